The Labute approximate surface area is 120 Å². The minimum atomic E-state index is -0.305. The normalized spacial score (nSPS) is 10.8. The van der Waals surface area contributed by atoms with Gasteiger partial charge >= 0.3 is 0 Å². The number of rotatable bonds is 4. The zero-order valence-electron chi connectivity index (χ0n) is 11.3. The number of nitrogen functional groups attached to an aromatic ring is 1. The molecule has 0 saturated heterocycles. The van der Waals surface area contributed by atoms with Gasteiger partial charge in [0.2, 0.25) is 5.95 Å². The first kappa shape index (κ1) is 13.3. The molecular weight excluding hydrogens is 273 g/mol. The number of benzene rings is 1. The molecule has 0 fully saturated rings. The summed E-state index contributed by atoms with van der Waals surface area (Å²) in [6, 6.07) is 6.32. The van der Waals surface area contributed by atoms with Gasteiger partial charge in [0.05, 0.1) is 11.6 Å². The van der Waals surface area contributed by atoms with Gasteiger partial charge in [0.25, 0.3) is 0 Å². The maximum Gasteiger partial charge on any atom is 0.241 e. The number of fused-ring (bicyclic) bond motifs is 1. The van der Waals surface area contributed by atoms with Crippen LogP contribution in [0.4, 0.5) is 21.8 Å². The van der Waals surface area contributed by atoms with E-state index in [0.29, 0.717) is 23.7 Å². The molecule has 108 valence electrons. The Morgan fingerprint density at radius 1 is 1.38 bits per heavy atom. The van der Waals surface area contributed by atoms with E-state index in [-0.39, 0.29) is 11.8 Å². The third-order valence-corrected chi connectivity index (χ3v) is 3.11. The first-order valence-corrected chi connectivity index (χ1v) is 6.43. The van der Waals surface area contributed by atoms with E-state index in [2.05, 4.69) is 25.6 Å². The number of hydrogen-bond donors (Lipinski definition) is 3. The Morgan fingerprint density at radius 2 is 2.24 bits per heavy atom. The molecule has 7 nitrogen and oxygen atoms in total. The van der Waals surface area contributed by atoms with Crippen molar-refractivity contribution in [3.05, 3.63) is 36.3 Å². The fraction of sp³-hybridized carbons (Fsp3) is 0.154. The van der Waals surface area contributed by atoms with E-state index in [9.17, 15) is 4.39 Å². The number of hydrazine groups is 1. The van der Waals surface area contributed by atoms with Gasteiger partial charge in [-0.3, -0.25) is 10.5 Å². The van der Waals surface area contributed by atoms with Gasteiger partial charge in [-0.2, -0.15) is 15.1 Å². The van der Waals surface area contributed by atoms with Crippen molar-refractivity contribution in [2.24, 2.45) is 5.84 Å². The maximum atomic E-state index is 13.5. The van der Waals surface area contributed by atoms with Crippen molar-refractivity contribution < 1.29 is 4.39 Å². The number of halogens is 1. The van der Waals surface area contributed by atoms with Crippen LogP contribution < -0.4 is 16.2 Å². The Bertz CT molecular complexity index is 770. The van der Waals surface area contributed by atoms with Gasteiger partial charge in [-0.1, -0.05) is 6.07 Å². The molecule has 2 heterocycles. The number of hydrogen-bond acceptors (Lipinski definition) is 6. The average Bonchev–Trinajstić information content (AvgIpc) is 2.96. The Kier molecular flexibility index (Phi) is 3.36. The predicted molar refractivity (Wildman–Crippen MR) is 78.6 cm³/mol. The van der Waals surface area contributed by atoms with E-state index in [4.69, 9.17) is 5.84 Å². The quantitative estimate of drug-likeness (QED) is 0.501. The minimum absolute atomic E-state index is 0.261. The largest absolute Gasteiger partial charge is 0.326 e. The first-order chi connectivity index (χ1) is 10.2. The lowest BCUT2D eigenvalue weighted by Crippen LogP contribution is -2.20. The van der Waals surface area contributed by atoms with Crippen LogP contribution in [0, 0.1) is 5.82 Å². The highest BCUT2D eigenvalue weighted by Crippen LogP contribution is 2.30. The SMILES string of the molecule is CCN(c1cccc(F)c1)c1nc(NN)nc2[nH]ncc12. The summed E-state index contributed by atoms with van der Waals surface area (Å²) in [6.07, 6.45) is 1.63. The van der Waals surface area contributed by atoms with Crippen LogP contribution in [0.25, 0.3) is 11.0 Å². The van der Waals surface area contributed by atoms with Crippen molar-refractivity contribution in [3.63, 3.8) is 0 Å². The number of H-pyrrole nitrogens is 1. The topological polar surface area (TPSA) is 95.8 Å². The van der Waals surface area contributed by atoms with Crippen LogP contribution in [0.2, 0.25) is 0 Å². The fourth-order valence-electron chi connectivity index (χ4n) is 2.19. The molecule has 0 unspecified atom stereocenters. The summed E-state index contributed by atoms with van der Waals surface area (Å²) in [5, 5.41) is 7.48. The van der Waals surface area contributed by atoms with E-state index in [0.717, 1.165) is 5.39 Å². The number of aromatic amines is 1. The number of aromatic nitrogens is 4. The average molecular weight is 287 g/mol. The highest BCUT2D eigenvalue weighted by Gasteiger charge is 2.16. The predicted octanol–water partition coefficient (Wildman–Crippen LogP) is 1.94. The molecule has 21 heavy (non-hydrogen) atoms. The molecule has 2 aromatic heterocycles. The Hall–Kier alpha value is -2.74. The van der Waals surface area contributed by atoms with Gasteiger partial charge in [-0.25, -0.2) is 10.2 Å². The van der Waals surface area contributed by atoms with Crippen LogP contribution in [0.5, 0.6) is 0 Å². The van der Waals surface area contributed by atoms with Crippen LogP contribution in [-0.2, 0) is 0 Å². The van der Waals surface area contributed by atoms with Gasteiger partial charge in [-0.05, 0) is 25.1 Å². The Morgan fingerprint density at radius 3 is 2.95 bits per heavy atom. The van der Waals surface area contributed by atoms with E-state index in [1.54, 1.807) is 12.3 Å². The monoisotopic (exact) mass is 287 g/mol. The summed E-state index contributed by atoms with van der Waals surface area (Å²) >= 11 is 0. The molecule has 0 spiro atoms. The highest BCUT2D eigenvalue weighted by molar-refractivity contribution is 5.89. The second kappa shape index (κ2) is 5.33. The van der Waals surface area contributed by atoms with Crippen molar-refractivity contribution in [1.82, 2.24) is 20.2 Å². The molecule has 8 heteroatoms. The standard InChI is InChI=1S/C13H14FN7/c1-2-21(9-5-3-4-8(14)6-9)12-10-7-16-20-11(10)17-13(18-12)19-15/h3-7H,2,15H2,1H3,(H2,16,17,18,19,20). The minimum Gasteiger partial charge on any atom is -0.326 e. The summed E-state index contributed by atoms with van der Waals surface area (Å²) in [4.78, 5) is 10.4. The number of nitrogens with zero attached hydrogens (tertiary/aromatic N) is 4. The van der Waals surface area contributed by atoms with E-state index >= 15 is 0 Å². The molecular formula is C13H14FN7. The second-order valence-corrected chi connectivity index (χ2v) is 4.37. The molecule has 0 aliphatic rings. The van der Waals surface area contributed by atoms with Gasteiger partial charge in [-0.15, -0.1) is 0 Å². The van der Waals surface area contributed by atoms with Crippen molar-refractivity contribution >= 4 is 28.5 Å². The van der Waals surface area contributed by atoms with Crippen molar-refractivity contribution in [2.75, 3.05) is 16.9 Å². The highest BCUT2D eigenvalue weighted by atomic mass is 19.1. The maximum absolute atomic E-state index is 13.5. The number of nitrogens with one attached hydrogen (secondary N) is 2. The summed E-state index contributed by atoms with van der Waals surface area (Å²) in [6.45, 7) is 2.55. The Balaban J connectivity index is 2.18. The lowest BCUT2D eigenvalue weighted by atomic mass is 10.2. The molecule has 3 aromatic rings. The molecule has 0 radical (unpaired) electrons. The summed E-state index contributed by atoms with van der Waals surface area (Å²) in [5.74, 6) is 5.96. The molecule has 4 N–H and O–H groups in total. The molecule has 0 saturated carbocycles. The van der Waals surface area contributed by atoms with Crippen LogP contribution >= 0.6 is 0 Å². The van der Waals surface area contributed by atoms with Gasteiger partial charge in [0.1, 0.15) is 11.6 Å². The van der Waals surface area contributed by atoms with Crippen molar-refractivity contribution in [1.29, 1.82) is 0 Å². The molecule has 0 bridgehead atoms. The van der Waals surface area contributed by atoms with Crippen LogP contribution in [-0.4, -0.2) is 26.7 Å². The van der Waals surface area contributed by atoms with Gasteiger partial charge in [0, 0.05) is 12.2 Å². The zero-order chi connectivity index (χ0) is 14.8. The molecule has 3 rings (SSSR count). The molecule has 1 aromatic carbocycles. The third kappa shape index (κ3) is 2.36. The van der Waals surface area contributed by atoms with Crippen LogP contribution in [0.3, 0.4) is 0 Å². The molecule has 0 aliphatic heterocycles. The van der Waals surface area contributed by atoms with Gasteiger partial charge < -0.3 is 4.90 Å². The van der Waals surface area contributed by atoms with Crippen LogP contribution in [0.15, 0.2) is 30.5 Å². The van der Waals surface area contributed by atoms with Crippen LogP contribution in [0.1, 0.15) is 6.92 Å². The van der Waals surface area contributed by atoms with E-state index in [1.807, 2.05) is 17.9 Å². The molecule has 0 aliphatic carbocycles. The summed E-state index contributed by atoms with van der Waals surface area (Å²) in [5.41, 5.74) is 3.67. The first-order valence-electron chi connectivity index (χ1n) is 6.43. The van der Waals surface area contributed by atoms with Crippen molar-refractivity contribution in [3.8, 4) is 0 Å². The van der Waals surface area contributed by atoms with Crippen molar-refractivity contribution in [2.45, 2.75) is 6.92 Å². The number of anilines is 3. The lowest BCUT2D eigenvalue weighted by Gasteiger charge is -2.23. The third-order valence-electron chi connectivity index (χ3n) is 3.11. The van der Waals surface area contributed by atoms with Gasteiger partial charge in [0.15, 0.2) is 5.65 Å². The lowest BCUT2D eigenvalue weighted by molar-refractivity contribution is 0.627. The summed E-state index contributed by atoms with van der Waals surface area (Å²) in [7, 11) is 0. The second-order valence-electron chi connectivity index (χ2n) is 4.37. The van der Waals surface area contributed by atoms with E-state index in [1.165, 1.54) is 12.1 Å². The number of nitrogens with two attached hydrogens (primary N) is 1. The summed E-state index contributed by atoms with van der Waals surface area (Å²) < 4.78 is 13.5. The zero-order valence-corrected chi connectivity index (χ0v) is 11.3. The molecule has 0 atom stereocenters. The molecule has 0 amide bonds. The van der Waals surface area contributed by atoms with E-state index < -0.39 is 0 Å². The smallest absolute Gasteiger partial charge is 0.241 e. The fourth-order valence-corrected chi connectivity index (χ4v) is 2.19.